The second kappa shape index (κ2) is 7.98. The summed E-state index contributed by atoms with van der Waals surface area (Å²) in [5, 5.41) is 3.90. The zero-order valence-corrected chi connectivity index (χ0v) is 16.3. The van der Waals surface area contributed by atoms with Gasteiger partial charge in [-0.15, -0.1) is 0 Å². The normalized spacial score (nSPS) is 12.0. The molecule has 0 unspecified atom stereocenters. The quantitative estimate of drug-likeness (QED) is 0.620. The number of hydrogen-bond acceptors (Lipinski definition) is 6. The van der Waals surface area contributed by atoms with Crippen LogP contribution in [0, 0.1) is 0 Å². The molecule has 2 aromatic heterocycles. The van der Waals surface area contributed by atoms with Crippen LogP contribution in [-0.4, -0.2) is 41.4 Å². The molecule has 27 heavy (non-hydrogen) atoms. The lowest BCUT2D eigenvalue weighted by Crippen LogP contribution is -2.29. The van der Waals surface area contributed by atoms with Crippen LogP contribution in [0.3, 0.4) is 0 Å². The molecule has 0 fully saturated rings. The number of rotatable bonds is 7. The molecule has 0 spiro atoms. The van der Waals surface area contributed by atoms with Crippen molar-refractivity contribution in [2.75, 3.05) is 13.6 Å². The van der Waals surface area contributed by atoms with Gasteiger partial charge in [0.15, 0.2) is 5.82 Å². The van der Waals surface area contributed by atoms with E-state index in [2.05, 4.69) is 15.1 Å². The minimum Gasteiger partial charge on any atom is -0.339 e. The Kier molecular flexibility index (Phi) is 5.67. The summed E-state index contributed by atoms with van der Waals surface area (Å²) in [5.74, 6) is 1.20. The third kappa shape index (κ3) is 4.40. The highest BCUT2D eigenvalue weighted by atomic mass is 32.2. The molecule has 0 N–H and O–H groups in total. The third-order valence-corrected chi connectivity index (χ3v) is 6.02. The van der Waals surface area contributed by atoms with Gasteiger partial charge in [-0.25, -0.2) is 12.7 Å². The van der Waals surface area contributed by atoms with Gasteiger partial charge in [0.1, 0.15) is 0 Å². The minimum absolute atomic E-state index is 0.142. The van der Waals surface area contributed by atoms with Gasteiger partial charge in [0.2, 0.25) is 15.9 Å². The van der Waals surface area contributed by atoms with E-state index in [1.165, 1.54) is 4.31 Å². The summed E-state index contributed by atoms with van der Waals surface area (Å²) in [6, 6.07) is 10.6. The summed E-state index contributed by atoms with van der Waals surface area (Å²) in [4.78, 5) is 8.61. The molecule has 8 heteroatoms. The van der Waals surface area contributed by atoms with Crippen molar-refractivity contribution in [2.24, 2.45) is 0 Å². The van der Waals surface area contributed by atoms with E-state index in [4.69, 9.17) is 4.52 Å². The molecule has 0 saturated heterocycles. The zero-order valence-electron chi connectivity index (χ0n) is 15.5. The molecule has 0 aliphatic carbocycles. The van der Waals surface area contributed by atoms with Crippen molar-refractivity contribution < 1.29 is 12.9 Å². The summed E-state index contributed by atoms with van der Waals surface area (Å²) in [6.07, 6.45) is 3.77. The molecule has 0 saturated carbocycles. The standard InChI is InChI=1S/C19H22N4O3S/c1-14(2)19-21-18(22-26-19)9-11-23(3)27(24,25)17-8-4-6-15(12-17)16-7-5-10-20-13-16/h4-8,10,12-14H,9,11H2,1-3H3. The summed E-state index contributed by atoms with van der Waals surface area (Å²) >= 11 is 0. The number of nitrogens with zero attached hydrogens (tertiary/aromatic N) is 4. The molecule has 0 radical (unpaired) electrons. The van der Waals surface area contributed by atoms with Crippen LogP contribution in [0.15, 0.2) is 58.2 Å². The highest BCUT2D eigenvalue weighted by Crippen LogP contribution is 2.23. The molecule has 3 aromatic rings. The number of benzene rings is 1. The van der Waals surface area contributed by atoms with E-state index in [9.17, 15) is 8.42 Å². The lowest BCUT2D eigenvalue weighted by Gasteiger charge is -2.17. The van der Waals surface area contributed by atoms with Gasteiger partial charge < -0.3 is 4.52 Å². The van der Waals surface area contributed by atoms with Crippen LogP contribution < -0.4 is 0 Å². The van der Waals surface area contributed by atoms with E-state index in [0.29, 0.717) is 18.1 Å². The Bertz CT molecular complexity index is 1000. The first-order chi connectivity index (χ1) is 12.9. The summed E-state index contributed by atoms with van der Waals surface area (Å²) in [5.41, 5.74) is 1.67. The van der Waals surface area contributed by atoms with Gasteiger partial charge in [0.05, 0.1) is 4.90 Å². The highest BCUT2D eigenvalue weighted by molar-refractivity contribution is 7.89. The predicted molar refractivity (Wildman–Crippen MR) is 102 cm³/mol. The fourth-order valence-corrected chi connectivity index (χ4v) is 3.75. The maximum atomic E-state index is 12.9. The molecule has 0 atom stereocenters. The summed E-state index contributed by atoms with van der Waals surface area (Å²) < 4.78 is 32.3. The van der Waals surface area contributed by atoms with Crippen molar-refractivity contribution in [3.8, 4) is 11.1 Å². The van der Waals surface area contributed by atoms with Gasteiger partial charge in [-0.1, -0.05) is 37.2 Å². The SMILES string of the molecule is CC(C)c1nc(CCN(C)S(=O)(=O)c2cccc(-c3cccnc3)c2)no1. The van der Waals surface area contributed by atoms with Gasteiger partial charge in [-0.2, -0.15) is 4.98 Å². The topological polar surface area (TPSA) is 89.2 Å². The molecule has 0 bridgehead atoms. The summed E-state index contributed by atoms with van der Waals surface area (Å²) in [6.45, 7) is 4.18. The van der Waals surface area contributed by atoms with Crippen LogP contribution in [-0.2, 0) is 16.4 Å². The second-order valence-corrected chi connectivity index (χ2v) is 8.59. The molecule has 0 aliphatic rings. The van der Waals surface area contributed by atoms with Gasteiger partial charge in [-0.3, -0.25) is 4.98 Å². The number of aromatic nitrogens is 3. The number of hydrogen-bond donors (Lipinski definition) is 0. The van der Waals surface area contributed by atoms with E-state index in [-0.39, 0.29) is 17.4 Å². The van der Waals surface area contributed by atoms with Crippen LogP contribution in [0.25, 0.3) is 11.1 Å². The van der Waals surface area contributed by atoms with Crippen molar-refractivity contribution in [1.82, 2.24) is 19.4 Å². The van der Waals surface area contributed by atoms with Crippen LogP contribution >= 0.6 is 0 Å². The van der Waals surface area contributed by atoms with Gasteiger partial charge >= 0.3 is 0 Å². The van der Waals surface area contributed by atoms with Crippen LogP contribution in [0.1, 0.15) is 31.5 Å². The molecule has 142 valence electrons. The fourth-order valence-electron chi connectivity index (χ4n) is 2.53. The van der Waals surface area contributed by atoms with Gasteiger partial charge in [0, 0.05) is 43.9 Å². The Morgan fingerprint density at radius 1 is 1.15 bits per heavy atom. The Morgan fingerprint density at radius 2 is 1.93 bits per heavy atom. The number of pyridine rings is 1. The molecule has 3 rings (SSSR count). The fraction of sp³-hybridized carbons (Fsp3) is 0.316. The maximum absolute atomic E-state index is 12.9. The molecule has 1 aromatic carbocycles. The van der Waals surface area contributed by atoms with Gasteiger partial charge in [-0.05, 0) is 23.8 Å². The molecule has 2 heterocycles. The second-order valence-electron chi connectivity index (χ2n) is 6.55. The first-order valence-corrected chi connectivity index (χ1v) is 10.1. The lowest BCUT2D eigenvalue weighted by molar-refractivity contribution is 0.359. The van der Waals surface area contributed by atoms with Crippen molar-refractivity contribution in [2.45, 2.75) is 31.1 Å². The van der Waals surface area contributed by atoms with Crippen molar-refractivity contribution in [1.29, 1.82) is 0 Å². The molecule has 0 aliphatic heterocycles. The Morgan fingerprint density at radius 3 is 2.59 bits per heavy atom. The predicted octanol–water partition coefficient (Wildman–Crippen LogP) is 3.12. The smallest absolute Gasteiger partial charge is 0.242 e. The Balaban J connectivity index is 1.75. The minimum atomic E-state index is -3.62. The van der Waals surface area contributed by atoms with E-state index in [0.717, 1.165) is 11.1 Å². The molecular formula is C19H22N4O3S. The summed E-state index contributed by atoms with van der Waals surface area (Å²) in [7, 11) is -2.07. The monoisotopic (exact) mass is 386 g/mol. The molecule has 0 amide bonds. The molecule has 7 nitrogen and oxygen atoms in total. The van der Waals surface area contributed by atoms with E-state index < -0.39 is 10.0 Å². The Labute approximate surface area is 159 Å². The third-order valence-electron chi connectivity index (χ3n) is 4.17. The van der Waals surface area contributed by atoms with Crippen molar-refractivity contribution >= 4 is 10.0 Å². The average Bonchev–Trinajstić information content (AvgIpc) is 3.16. The maximum Gasteiger partial charge on any atom is 0.242 e. The zero-order chi connectivity index (χ0) is 19.4. The van der Waals surface area contributed by atoms with Gasteiger partial charge in [0.25, 0.3) is 0 Å². The number of likely N-dealkylation sites (N-methyl/N-ethyl adjacent to an activating group) is 1. The molecular weight excluding hydrogens is 364 g/mol. The Hall–Kier alpha value is -2.58. The first kappa shape index (κ1) is 19.2. The van der Waals surface area contributed by atoms with Crippen LogP contribution in [0.5, 0.6) is 0 Å². The average molecular weight is 386 g/mol. The van der Waals surface area contributed by atoms with E-state index in [1.54, 1.807) is 37.6 Å². The number of sulfonamides is 1. The first-order valence-electron chi connectivity index (χ1n) is 8.67. The van der Waals surface area contributed by atoms with Crippen molar-refractivity contribution in [3.05, 3.63) is 60.5 Å². The highest BCUT2D eigenvalue weighted by Gasteiger charge is 2.22. The van der Waals surface area contributed by atoms with Crippen molar-refractivity contribution in [3.63, 3.8) is 0 Å². The van der Waals surface area contributed by atoms with Crippen LogP contribution in [0.4, 0.5) is 0 Å². The van der Waals surface area contributed by atoms with Crippen LogP contribution in [0.2, 0.25) is 0 Å². The van der Waals surface area contributed by atoms with E-state index >= 15 is 0 Å². The van der Waals surface area contributed by atoms with E-state index in [1.807, 2.05) is 32.0 Å². The lowest BCUT2D eigenvalue weighted by atomic mass is 10.1. The largest absolute Gasteiger partial charge is 0.339 e.